The predicted molar refractivity (Wildman–Crippen MR) is 76.3 cm³/mol. The lowest BCUT2D eigenvalue weighted by atomic mass is 10.1. The first-order valence-corrected chi connectivity index (χ1v) is 6.57. The van der Waals surface area contributed by atoms with Gasteiger partial charge >= 0.3 is 0 Å². The van der Waals surface area contributed by atoms with Crippen LogP contribution in [0.15, 0.2) is 30.3 Å². The molecule has 1 aromatic carbocycles. The standard InChI is InChI=1S/C14H16ClN3O/c1-3-8-18(2)14(19)13-9-12(16-17-13)10-6-4-5-7-11(10)15/h4-7,9H,3,8H2,1-2H3,(H,16,17). The van der Waals surface area contributed by atoms with Gasteiger partial charge in [-0.1, -0.05) is 36.7 Å². The number of halogens is 1. The van der Waals surface area contributed by atoms with Crippen LogP contribution in [0.3, 0.4) is 0 Å². The second kappa shape index (κ2) is 5.89. The summed E-state index contributed by atoms with van der Waals surface area (Å²) in [5.74, 6) is -0.0624. The van der Waals surface area contributed by atoms with E-state index in [-0.39, 0.29) is 5.91 Å². The third kappa shape index (κ3) is 2.96. The maximum atomic E-state index is 12.1. The molecule has 4 nitrogen and oxygen atoms in total. The Balaban J connectivity index is 2.25. The summed E-state index contributed by atoms with van der Waals surface area (Å²) in [6.45, 7) is 2.76. The summed E-state index contributed by atoms with van der Waals surface area (Å²) in [7, 11) is 1.78. The number of aromatic amines is 1. The summed E-state index contributed by atoms with van der Waals surface area (Å²) in [6.07, 6.45) is 0.924. The minimum Gasteiger partial charge on any atom is -0.340 e. The molecule has 0 aliphatic rings. The third-order valence-electron chi connectivity index (χ3n) is 2.86. The molecule has 0 atom stereocenters. The van der Waals surface area contributed by atoms with Gasteiger partial charge in [-0.15, -0.1) is 0 Å². The molecular formula is C14H16ClN3O. The summed E-state index contributed by atoms with van der Waals surface area (Å²) in [6, 6.07) is 9.16. The molecule has 1 amide bonds. The van der Waals surface area contributed by atoms with Gasteiger partial charge < -0.3 is 4.90 Å². The number of benzene rings is 1. The van der Waals surface area contributed by atoms with Gasteiger partial charge in [0.25, 0.3) is 5.91 Å². The molecule has 1 aromatic heterocycles. The van der Waals surface area contributed by atoms with Crippen molar-refractivity contribution in [1.29, 1.82) is 0 Å². The summed E-state index contributed by atoms with van der Waals surface area (Å²) in [5.41, 5.74) is 1.97. The Kier molecular flexibility index (Phi) is 4.22. The van der Waals surface area contributed by atoms with Crippen LogP contribution >= 0.6 is 11.6 Å². The molecule has 0 spiro atoms. The molecule has 0 unspecified atom stereocenters. The summed E-state index contributed by atoms with van der Waals surface area (Å²) < 4.78 is 0. The average molecular weight is 278 g/mol. The molecule has 0 aliphatic heterocycles. The Morgan fingerprint density at radius 3 is 2.84 bits per heavy atom. The van der Waals surface area contributed by atoms with Crippen LogP contribution in [-0.2, 0) is 0 Å². The zero-order valence-electron chi connectivity index (χ0n) is 11.0. The van der Waals surface area contributed by atoms with Crippen molar-refractivity contribution in [3.8, 4) is 11.3 Å². The lowest BCUT2D eigenvalue weighted by Crippen LogP contribution is -2.27. The molecule has 19 heavy (non-hydrogen) atoms. The van der Waals surface area contributed by atoms with Crippen molar-refractivity contribution in [2.24, 2.45) is 0 Å². The SMILES string of the molecule is CCCN(C)C(=O)c1cc(-c2ccccc2Cl)n[nH]1. The van der Waals surface area contributed by atoms with Gasteiger partial charge in [0.1, 0.15) is 5.69 Å². The van der Waals surface area contributed by atoms with Crippen molar-refractivity contribution in [2.75, 3.05) is 13.6 Å². The van der Waals surface area contributed by atoms with Gasteiger partial charge in [0.2, 0.25) is 0 Å². The minimum absolute atomic E-state index is 0.0624. The van der Waals surface area contributed by atoms with Crippen molar-refractivity contribution >= 4 is 17.5 Å². The fraction of sp³-hybridized carbons (Fsp3) is 0.286. The van der Waals surface area contributed by atoms with Crippen LogP contribution in [-0.4, -0.2) is 34.6 Å². The Bertz CT molecular complexity index is 580. The van der Waals surface area contributed by atoms with Gasteiger partial charge in [0.05, 0.1) is 10.7 Å². The predicted octanol–water partition coefficient (Wildman–Crippen LogP) is 3.21. The molecule has 0 aliphatic carbocycles. The molecule has 2 rings (SSSR count). The number of rotatable bonds is 4. The summed E-state index contributed by atoms with van der Waals surface area (Å²) in [4.78, 5) is 13.8. The fourth-order valence-electron chi connectivity index (χ4n) is 1.88. The van der Waals surface area contributed by atoms with Crippen LogP contribution in [0.25, 0.3) is 11.3 Å². The summed E-state index contributed by atoms with van der Waals surface area (Å²) >= 11 is 6.11. The van der Waals surface area contributed by atoms with E-state index >= 15 is 0 Å². The maximum absolute atomic E-state index is 12.1. The van der Waals surface area contributed by atoms with Gasteiger partial charge in [0, 0.05) is 19.2 Å². The van der Waals surface area contributed by atoms with Gasteiger partial charge in [-0.05, 0) is 18.6 Å². The highest BCUT2D eigenvalue weighted by atomic mass is 35.5. The zero-order chi connectivity index (χ0) is 13.8. The molecule has 5 heteroatoms. The van der Waals surface area contributed by atoms with Gasteiger partial charge in [-0.2, -0.15) is 5.10 Å². The number of hydrogen-bond donors (Lipinski definition) is 1. The van der Waals surface area contributed by atoms with Crippen LogP contribution in [0.1, 0.15) is 23.8 Å². The van der Waals surface area contributed by atoms with E-state index in [0.717, 1.165) is 18.5 Å². The van der Waals surface area contributed by atoms with Gasteiger partial charge in [-0.25, -0.2) is 0 Å². The Labute approximate surface area is 117 Å². The quantitative estimate of drug-likeness (QED) is 0.933. The molecule has 0 saturated carbocycles. The molecule has 1 N–H and O–H groups in total. The Morgan fingerprint density at radius 1 is 1.42 bits per heavy atom. The van der Waals surface area contributed by atoms with E-state index in [0.29, 0.717) is 16.4 Å². The van der Waals surface area contributed by atoms with E-state index in [1.165, 1.54) is 0 Å². The topological polar surface area (TPSA) is 49.0 Å². The minimum atomic E-state index is -0.0624. The smallest absolute Gasteiger partial charge is 0.271 e. The molecule has 1 heterocycles. The van der Waals surface area contributed by atoms with Crippen molar-refractivity contribution in [1.82, 2.24) is 15.1 Å². The largest absolute Gasteiger partial charge is 0.340 e. The van der Waals surface area contributed by atoms with Crippen molar-refractivity contribution in [3.05, 3.63) is 41.0 Å². The lowest BCUT2D eigenvalue weighted by molar-refractivity contribution is 0.0789. The second-order valence-electron chi connectivity index (χ2n) is 4.37. The monoisotopic (exact) mass is 277 g/mol. The molecule has 0 fully saturated rings. The molecule has 2 aromatic rings. The van der Waals surface area contributed by atoms with Crippen molar-refractivity contribution < 1.29 is 4.79 Å². The highest BCUT2D eigenvalue weighted by molar-refractivity contribution is 6.33. The highest BCUT2D eigenvalue weighted by Crippen LogP contribution is 2.26. The number of hydrogen-bond acceptors (Lipinski definition) is 2. The van der Waals surface area contributed by atoms with Crippen LogP contribution in [0, 0.1) is 0 Å². The highest BCUT2D eigenvalue weighted by Gasteiger charge is 2.15. The van der Waals surface area contributed by atoms with Crippen LogP contribution in [0.4, 0.5) is 0 Å². The number of aromatic nitrogens is 2. The molecule has 0 saturated heterocycles. The fourth-order valence-corrected chi connectivity index (χ4v) is 2.11. The van der Waals surface area contributed by atoms with E-state index in [9.17, 15) is 4.79 Å². The van der Waals surface area contributed by atoms with Crippen LogP contribution < -0.4 is 0 Å². The number of carbonyl (C=O) groups is 1. The van der Waals surface area contributed by atoms with E-state index in [1.54, 1.807) is 24.1 Å². The number of amides is 1. The number of nitrogens with zero attached hydrogens (tertiary/aromatic N) is 2. The Hall–Kier alpha value is -1.81. The Morgan fingerprint density at radius 2 is 2.16 bits per heavy atom. The number of H-pyrrole nitrogens is 1. The summed E-state index contributed by atoms with van der Waals surface area (Å²) in [5, 5.41) is 7.54. The van der Waals surface area contributed by atoms with E-state index in [2.05, 4.69) is 10.2 Å². The van der Waals surface area contributed by atoms with E-state index in [1.807, 2.05) is 25.1 Å². The number of nitrogens with one attached hydrogen (secondary N) is 1. The first-order valence-electron chi connectivity index (χ1n) is 6.19. The average Bonchev–Trinajstić information content (AvgIpc) is 2.88. The first kappa shape index (κ1) is 13.6. The van der Waals surface area contributed by atoms with E-state index in [4.69, 9.17) is 11.6 Å². The third-order valence-corrected chi connectivity index (χ3v) is 3.19. The first-order chi connectivity index (χ1) is 9.13. The van der Waals surface area contributed by atoms with Gasteiger partial charge in [0.15, 0.2) is 0 Å². The van der Waals surface area contributed by atoms with Crippen LogP contribution in [0.2, 0.25) is 5.02 Å². The van der Waals surface area contributed by atoms with Gasteiger partial charge in [-0.3, -0.25) is 9.89 Å². The maximum Gasteiger partial charge on any atom is 0.271 e. The molecule has 100 valence electrons. The van der Waals surface area contributed by atoms with Crippen molar-refractivity contribution in [2.45, 2.75) is 13.3 Å². The molecular weight excluding hydrogens is 262 g/mol. The second-order valence-corrected chi connectivity index (χ2v) is 4.78. The van der Waals surface area contributed by atoms with Crippen LogP contribution in [0.5, 0.6) is 0 Å². The number of carbonyl (C=O) groups excluding carboxylic acids is 1. The lowest BCUT2D eigenvalue weighted by Gasteiger charge is -2.14. The molecule has 0 radical (unpaired) electrons. The zero-order valence-corrected chi connectivity index (χ0v) is 11.7. The normalized spacial score (nSPS) is 10.5. The molecule has 0 bridgehead atoms. The van der Waals surface area contributed by atoms with E-state index < -0.39 is 0 Å². The van der Waals surface area contributed by atoms with Crippen molar-refractivity contribution in [3.63, 3.8) is 0 Å².